The summed E-state index contributed by atoms with van der Waals surface area (Å²) in [7, 11) is 3.06. The summed E-state index contributed by atoms with van der Waals surface area (Å²) in [5, 5.41) is 3.05. The van der Waals surface area contributed by atoms with E-state index in [0.29, 0.717) is 18.3 Å². The maximum Gasteiger partial charge on any atom is 0.246 e. The van der Waals surface area contributed by atoms with Gasteiger partial charge in [0.15, 0.2) is 0 Å². The third kappa shape index (κ3) is 4.44. The molecule has 1 fully saturated rings. The number of ether oxygens (including phenoxy) is 2. The highest BCUT2D eigenvalue weighted by atomic mass is 16.5. The summed E-state index contributed by atoms with van der Waals surface area (Å²) in [6.45, 7) is 3.71. The largest absolute Gasteiger partial charge is 0.481 e. The molecule has 8 nitrogen and oxygen atoms in total. The van der Waals surface area contributed by atoms with Crippen LogP contribution in [0.25, 0.3) is 0 Å². The fourth-order valence-corrected chi connectivity index (χ4v) is 2.96. The van der Waals surface area contributed by atoms with Crippen LogP contribution < -0.4 is 20.7 Å². The zero-order valence-electron chi connectivity index (χ0n) is 13.9. The number of nitrogen functional groups attached to an aromatic ring is 1. The quantitative estimate of drug-likeness (QED) is 0.750. The summed E-state index contributed by atoms with van der Waals surface area (Å²) >= 11 is 0. The first kappa shape index (κ1) is 17.3. The van der Waals surface area contributed by atoms with Crippen LogP contribution >= 0.6 is 0 Å². The van der Waals surface area contributed by atoms with Crippen LogP contribution in [-0.4, -0.2) is 55.8 Å². The molecule has 1 aliphatic rings. The Balaban J connectivity index is 2.12. The van der Waals surface area contributed by atoms with Crippen LogP contribution in [0, 0.1) is 5.92 Å². The summed E-state index contributed by atoms with van der Waals surface area (Å²) in [4.78, 5) is 22.2. The number of nitrogens with zero attached hydrogens (tertiary/aromatic N) is 3. The van der Waals surface area contributed by atoms with Crippen molar-refractivity contribution in [1.29, 1.82) is 0 Å². The number of carbonyl (C=O) groups excluding carboxylic acids is 1. The van der Waals surface area contributed by atoms with E-state index in [1.165, 1.54) is 7.11 Å². The van der Waals surface area contributed by atoms with Gasteiger partial charge in [-0.05, 0) is 12.3 Å². The first-order chi connectivity index (χ1) is 11.1. The predicted octanol–water partition coefficient (Wildman–Crippen LogP) is 0.435. The van der Waals surface area contributed by atoms with Gasteiger partial charge in [0.1, 0.15) is 12.4 Å². The smallest absolute Gasteiger partial charge is 0.246 e. The van der Waals surface area contributed by atoms with Gasteiger partial charge >= 0.3 is 0 Å². The molecular weight excluding hydrogens is 298 g/mol. The van der Waals surface area contributed by atoms with Gasteiger partial charge in [0.05, 0.1) is 13.2 Å². The fraction of sp³-hybridized carbons (Fsp3) is 0.667. The topological polar surface area (TPSA) is 103 Å². The Labute approximate surface area is 136 Å². The zero-order chi connectivity index (χ0) is 16.8. The van der Waals surface area contributed by atoms with Crippen molar-refractivity contribution >= 4 is 17.7 Å². The number of nitrogens with two attached hydrogens (primary N) is 1. The summed E-state index contributed by atoms with van der Waals surface area (Å²) < 4.78 is 10.0. The third-order valence-electron chi connectivity index (χ3n) is 3.96. The van der Waals surface area contributed by atoms with E-state index in [9.17, 15) is 4.79 Å². The monoisotopic (exact) mass is 323 g/mol. The SMILES string of the molecule is CCC[C@H]1CN(c2cc(OC)nc(N)n2)C[C@@H]1NC(=O)COC. The van der Waals surface area contributed by atoms with Crippen molar-refractivity contribution in [3.63, 3.8) is 0 Å². The predicted molar refractivity (Wildman–Crippen MR) is 87.4 cm³/mol. The third-order valence-corrected chi connectivity index (χ3v) is 3.96. The molecule has 2 rings (SSSR count). The standard InChI is InChI=1S/C15H25N5O3/c1-4-5-10-7-20(8-11(10)17-13(21)9-22-2)12-6-14(23-3)19-15(16)18-12/h6,10-11H,4-5,7-9H2,1-3H3,(H,17,21)(H2,16,18,19)/t10-,11-/m0/s1. The Kier molecular flexibility index (Phi) is 5.97. The minimum Gasteiger partial charge on any atom is -0.481 e. The van der Waals surface area contributed by atoms with Crippen molar-refractivity contribution in [2.45, 2.75) is 25.8 Å². The number of hydrogen-bond donors (Lipinski definition) is 2. The van der Waals surface area contributed by atoms with Crippen molar-refractivity contribution in [3.8, 4) is 5.88 Å². The Hall–Kier alpha value is -2.09. The highest BCUT2D eigenvalue weighted by molar-refractivity contribution is 5.77. The molecule has 0 aliphatic carbocycles. The average molecular weight is 323 g/mol. The maximum atomic E-state index is 11.8. The number of anilines is 2. The highest BCUT2D eigenvalue weighted by Crippen LogP contribution is 2.27. The number of aromatic nitrogens is 2. The van der Waals surface area contributed by atoms with Crippen molar-refractivity contribution in [2.75, 3.05) is 44.5 Å². The van der Waals surface area contributed by atoms with Gasteiger partial charge in [-0.25, -0.2) is 0 Å². The first-order valence-electron chi connectivity index (χ1n) is 7.79. The van der Waals surface area contributed by atoms with Crippen LogP contribution in [0.4, 0.5) is 11.8 Å². The highest BCUT2D eigenvalue weighted by Gasteiger charge is 2.34. The number of nitrogens with one attached hydrogen (secondary N) is 1. The molecule has 23 heavy (non-hydrogen) atoms. The lowest BCUT2D eigenvalue weighted by Crippen LogP contribution is -2.42. The average Bonchev–Trinajstić information content (AvgIpc) is 2.90. The summed E-state index contributed by atoms with van der Waals surface area (Å²) in [5.41, 5.74) is 5.74. The second-order valence-corrected chi connectivity index (χ2v) is 5.69. The number of carbonyl (C=O) groups is 1. The molecule has 0 unspecified atom stereocenters. The van der Waals surface area contributed by atoms with Gasteiger partial charge in [-0.2, -0.15) is 9.97 Å². The van der Waals surface area contributed by atoms with Gasteiger partial charge < -0.3 is 25.4 Å². The molecule has 0 aromatic carbocycles. The molecule has 2 heterocycles. The first-order valence-corrected chi connectivity index (χ1v) is 7.79. The van der Waals surface area contributed by atoms with Crippen molar-refractivity contribution < 1.29 is 14.3 Å². The molecule has 0 bridgehead atoms. The number of hydrogen-bond acceptors (Lipinski definition) is 7. The molecule has 3 N–H and O–H groups in total. The summed E-state index contributed by atoms with van der Waals surface area (Å²) in [6, 6.07) is 1.83. The molecule has 128 valence electrons. The molecule has 2 atom stereocenters. The zero-order valence-corrected chi connectivity index (χ0v) is 13.9. The van der Waals surface area contributed by atoms with Crippen LogP contribution in [0.15, 0.2) is 6.07 Å². The van der Waals surface area contributed by atoms with Crippen LogP contribution in [0.2, 0.25) is 0 Å². The van der Waals surface area contributed by atoms with Crippen LogP contribution in [-0.2, 0) is 9.53 Å². The molecule has 0 saturated carbocycles. The molecular formula is C15H25N5O3. The minimum absolute atomic E-state index is 0.0692. The Bertz CT molecular complexity index is 540. The van der Waals surface area contributed by atoms with Crippen molar-refractivity contribution in [2.24, 2.45) is 5.92 Å². The number of rotatable bonds is 7. The number of methoxy groups -OCH3 is 2. The summed E-state index contributed by atoms with van der Waals surface area (Å²) in [6.07, 6.45) is 2.09. The normalized spacial score (nSPS) is 20.6. The van der Waals surface area contributed by atoms with E-state index in [-0.39, 0.29) is 24.5 Å². The van der Waals surface area contributed by atoms with Crippen molar-refractivity contribution in [1.82, 2.24) is 15.3 Å². The van der Waals surface area contributed by atoms with E-state index < -0.39 is 0 Å². The molecule has 1 aromatic heterocycles. The van der Waals surface area contributed by atoms with Gasteiger partial charge in [-0.3, -0.25) is 4.79 Å². The van der Waals surface area contributed by atoms with Gasteiger partial charge in [0.25, 0.3) is 0 Å². The van der Waals surface area contributed by atoms with Gasteiger partial charge in [0, 0.05) is 26.3 Å². The fourth-order valence-electron chi connectivity index (χ4n) is 2.96. The van der Waals surface area contributed by atoms with Gasteiger partial charge in [-0.15, -0.1) is 0 Å². The molecule has 8 heteroatoms. The van der Waals surface area contributed by atoms with E-state index in [1.54, 1.807) is 13.2 Å². The van der Waals surface area contributed by atoms with E-state index in [0.717, 1.165) is 25.2 Å². The van der Waals surface area contributed by atoms with Gasteiger partial charge in [-0.1, -0.05) is 13.3 Å². The minimum atomic E-state index is -0.0970. The van der Waals surface area contributed by atoms with Crippen molar-refractivity contribution in [3.05, 3.63) is 6.07 Å². The van der Waals surface area contributed by atoms with E-state index >= 15 is 0 Å². The van der Waals surface area contributed by atoms with E-state index in [2.05, 4.69) is 27.1 Å². The Morgan fingerprint density at radius 3 is 2.87 bits per heavy atom. The second kappa shape index (κ2) is 7.96. The second-order valence-electron chi connectivity index (χ2n) is 5.69. The Morgan fingerprint density at radius 2 is 2.22 bits per heavy atom. The van der Waals surface area contributed by atoms with E-state index in [4.69, 9.17) is 15.2 Å². The number of amides is 1. The van der Waals surface area contributed by atoms with Crippen LogP contribution in [0.5, 0.6) is 5.88 Å². The summed E-state index contributed by atoms with van der Waals surface area (Å²) in [5.74, 6) is 1.60. The molecule has 1 aliphatic heterocycles. The van der Waals surface area contributed by atoms with E-state index in [1.807, 2.05) is 0 Å². The Morgan fingerprint density at radius 1 is 1.43 bits per heavy atom. The van der Waals surface area contributed by atoms with Crippen LogP contribution in [0.3, 0.4) is 0 Å². The van der Waals surface area contributed by atoms with Gasteiger partial charge in [0.2, 0.25) is 17.7 Å². The lowest BCUT2D eigenvalue weighted by Gasteiger charge is -2.19. The van der Waals surface area contributed by atoms with Crippen LogP contribution in [0.1, 0.15) is 19.8 Å². The maximum absolute atomic E-state index is 11.8. The lowest BCUT2D eigenvalue weighted by molar-refractivity contribution is -0.125. The molecule has 0 radical (unpaired) electrons. The lowest BCUT2D eigenvalue weighted by atomic mass is 9.98. The molecule has 1 aromatic rings. The molecule has 0 spiro atoms. The molecule has 1 saturated heterocycles. The molecule has 1 amide bonds.